The van der Waals surface area contributed by atoms with Crippen molar-refractivity contribution in [3.05, 3.63) is 43.3 Å². The number of imidazole rings is 1. The molecule has 0 amide bonds. The van der Waals surface area contributed by atoms with E-state index in [2.05, 4.69) is 45.3 Å². The second kappa shape index (κ2) is 7.63. The van der Waals surface area contributed by atoms with Crippen LogP contribution in [0.3, 0.4) is 0 Å². The Labute approximate surface area is 146 Å². The number of hydrogen-bond acceptors (Lipinski definition) is 6. The number of anilines is 1. The number of aromatic amines is 1. The molecule has 3 heterocycles. The van der Waals surface area contributed by atoms with Crippen LogP contribution in [0.15, 0.2) is 48.3 Å². The fourth-order valence-corrected chi connectivity index (χ4v) is 3.60. The molecule has 6 nitrogen and oxygen atoms in total. The fourth-order valence-electron chi connectivity index (χ4n) is 2.64. The topological polar surface area (TPSA) is 69.7 Å². The largest absolute Gasteiger partial charge is 0.341 e. The zero-order chi connectivity index (χ0) is 16.9. The van der Waals surface area contributed by atoms with Gasteiger partial charge in [-0.1, -0.05) is 43.1 Å². The smallest absolute Gasteiger partial charge is 0.228 e. The third-order valence-corrected chi connectivity index (χ3v) is 5.02. The summed E-state index contributed by atoms with van der Waals surface area (Å²) in [5, 5.41) is 4.30. The molecule has 2 aromatic heterocycles. The second-order valence-electron chi connectivity index (χ2n) is 5.65. The van der Waals surface area contributed by atoms with Gasteiger partial charge in [0.1, 0.15) is 10.5 Å². The molecule has 1 unspecified atom stereocenters. The molecule has 1 fully saturated rings. The molecule has 0 aromatic carbocycles. The molecular formula is C17H22N6S. The summed E-state index contributed by atoms with van der Waals surface area (Å²) in [4.78, 5) is 19.2. The lowest BCUT2D eigenvalue weighted by molar-refractivity contribution is 0.492. The predicted molar refractivity (Wildman–Crippen MR) is 101 cm³/mol. The van der Waals surface area contributed by atoms with E-state index in [9.17, 15) is 0 Å². The number of H-pyrrole nitrogens is 1. The van der Waals surface area contributed by atoms with Gasteiger partial charge >= 0.3 is 0 Å². The molecule has 3 rings (SSSR count). The first-order valence-electron chi connectivity index (χ1n) is 7.98. The molecule has 0 saturated carbocycles. The Kier molecular flexibility index (Phi) is 5.32. The number of aromatic nitrogens is 4. The van der Waals surface area contributed by atoms with Gasteiger partial charge in [0, 0.05) is 31.4 Å². The molecule has 126 valence electrons. The molecule has 0 aliphatic carbocycles. The molecular weight excluding hydrogens is 320 g/mol. The summed E-state index contributed by atoms with van der Waals surface area (Å²) < 4.78 is 0. The average molecular weight is 342 g/mol. The Balaban J connectivity index is 1.91. The van der Waals surface area contributed by atoms with Crippen LogP contribution < -0.4 is 10.2 Å². The standard InChI is InChI=1S/C17H22N6S/c1-4-6-13(5-2)10-24-16-14-15(20-11-19-14)21-17(22-16)23-8-7-18-9-12(23)3/h4-6,11-12,18H,1-2,7-10H2,3H3,(H,19,20,21,22)/b13-6+. The summed E-state index contributed by atoms with van der Waals surface area (Å²) in [6.07, 6.45) is 7.25. The van der Waals surface area contributed by atoms with Crippen LogP contribution in [-0.2, 0) is 0 Å². The predicted octanol–water partition coefficient (Wildman–Crippen LogP) is 2.54. The Hall–Kier alpha value is -2.12. The third kappa shape index (κ3) is 3.52. The highest BCUT2D eigenvalue weighted by Gasteiger charge is 2.22. The molecule has 2 N–H and O–H groups in total. The van der Waals surface area contributed by atoms with Gasteiger partial charge < -0.3 is 15.2 Å². The number of rotatable bonds is 6. The minimum atomic E-state index is 0.359. The highest BCUT2D eigenvalue weighted by molar-refractivity contribution is 7.99. The highest BCUT2D eigenvalue weighted by atomic mass is 32.2. The summed E-state index contributed by atoms with van der Waals surface area (Å²) >= 11 is 1.65. The first-order chi connectivity index (χ1) is 11.7. The lowest BCUT2D eigenvalue weighted by Crippen LogP contribution is -2.50. The van der Waals surface area contributed by atoms with E-state index in [1.54, 1.807) is 24.2 Å². The van der Waals surface area contributed by atoms with E-state index in [1.165, 1.54) is 0 Å². The van der Waals surface area contributed by atoms with Gasteiger partial charge in [-0.15, -0.1) is 0 Å². The fraction of sp³-hybridized carbons (Fsp3) is 0.353. The van der Waals surface area contributed by atoms with Crippen LogP contribution in [0.2, 0.25) is 0 Å². The lowest BCUT2D eigenvalue weighted by Gasteiger charge is -2.34. The molecule has 1 aliphatic heterocycles. The molecule has 1 saturated heterocycles. The molecule has 2 aromatic rings. The van der Waals surface area contributed by atoms with E-state index in [-0.39, 0.29) is 0 Å². The molecule has 1 atom stereocenters. The van der Waals surface area contributed by atoms with Crippen LogP contribution in [-0.4, -0.2) is 51.4 Å². The van der Waals surface area contributed by atoms with Crippen LogP contribution in [0.5, 0.6) is 0 Å². The Morgan fingerprint density at radius 2 is 2.33 bits per heavy atom. The molecule has 24 heavy (non-hydrogen) atoms. The third-order valence-electron chi connectivity index (χ3n) is 3.97. The van der Waals surface area contributed by atoms with E-state index in [1.807, 2.05) is 12.2 Å². The number of nitrogens with zero attached hydrogens (tertiary/aromatic N) is 4. The van der Waals surface area contributed by atoms with Crippen molar-refractivity contribution in [1.82, 2.24) is 25.3 Å². The summed E-state index contributed by atoms with van der Waals surface area (Å²) in [6.45, 7) is 12.5. The van der Waals surface area contributed by atoms with Gasteiger partial charge in [-0.05, 0) is 12.5 Å². The van der Waals surface area contributed by atoms with Crippen molar-refractivity contribution in [2.24, 2.45) is 0 Å². The number of fused-ring (bicyclic) bond motifs is 1. The first kappa shape index (κ1) is 16.7. The Bertz CT molecular complexity index is 766. The maximum atomic E-state index is 4.80. The van der Waals surface area contributed by atoms with Crippen molar-refractivity contribution in [3.8, 4) is 0 Å². The summed E-state index contributed by atoms with van der Waals surface area (Å²) in [6, 6.07) is 0.359. The van der Waals surface area contributed by atoms with E-state index in [4.69, 9.17) is 4.98 Å². The number of piperazine rings is 1. The van der Waals surface area contributed by atoms with Gasteiger partial charge in [0.05, 0.1) is 6.33 Å². The highest BCUT2D eigenvalue weighted by Crippen LogP contribution is 2.28. The first-order valence-corrected chi connectivity index (χ1v) is 8.96. The molecule has 0 radical (unpaired) electrons. The SMILES string of the molecule is C=C/C=C(\C=C)CSc1nc(N2CCNCC2C)nc2nc[nH]c12. The maximum Gasteiger partial charge on any atom is 0.228 e. The van der Waals surface area contributed by atoms with Crippen molar-refractivity contribution < 1.29 is 0 Å². The number of hydrogen-bond donors (Lipinski definition) is 2. The molecule has 1 aliphatic rings. The van der Waals surface area contributed by atoms with Crippen molar-refractivity contribution in [2.45, 2.75) is 18.0 Å². The minimum absolute atomic E-state index is 0.359. The van der Waals surface area contributed by atoms with E-state index < -0.39 is 0 Å². The van der Waals surface area contributed by atoms with Crippen LogP contribution in [0.4, 0.5) is 5.95 Å². The van der Waals surface area contributed by atoms with Crippen molar-refractivity contribution >= 4 is 28.9 Å². The summed E-state index contributed by atoms with van der Waals surface area (Å²) in [5.74, 6) is 1.52. The van der Waals surface area contributed by atoms with Gasteiger partial charge in [-0.25, -0.2) is 9.97 Å². The summed E-state index contributed by atoms with van der Waals surface area (Å²) in [7, 11) is 0. The second-order valence-corrected chi connectivity index (χ2v) is 6.61. The molecule has 0 bridgehead atoms. The van der Waals surface area contributed by atoms with Gasteiger partial charge in [0.2, 0.25) is 5.95 Å². The van der Waals surface area contributed by atoms with Crippen LogP contribution in [0.25, 0.3) is 11.2 Å². The van der Waals surface area contributed by atoms with E-state index in [0.717, 1.165) is 47.5 Å². The Morgan fingerprint density at radius 1 is 1.46 bits per heavy atom. The van der Waals surface area contributed by atoms with Crippen molar-refractivity contribution in [3.63, 3.8) is 0 Å². The monoisotopic (exact) mass is 342 g/mol. The normalized spacial score (nSPS) is 18.8. The maximum absolute atomic E-state index is 4.80. The lowest BCUT2D eigenvalue weighted by atomic mass is 10.2. The Morgan fingerprint density at radius 3 is 3.08 bits per heavy atom. The average Bonchev–Trinajstić information content (AvgIpc) is 3.07. The van der Waals surface area contributed by atoms with E-state index >= 15 is 0 Å². The van der Waals surface area contributed by atoms with Gasteiger partial charge in [-0.2, -0.15) is 4.98 Å². The van der Waals surface area contributed by atoms with Gasteiger partial charge in [0.25, 0.3) is 0 Å². The molecule has 7 heteroatoms. The minimum Gasteiger partial charge on any atom is -0.341 e. The number of nitrogens with one attached hydrogen (secondary N) is 2. The quantitative estimate of drug-likeness (QED) is 0.478. The number of thioether (sulfide) groups is 1. The zero-order valence-electron chi connectivity index (χ0n) is 13.8. The molecule has 0 spiro atoms. The zero-order valence-corrected chi connectivity index (χ0v) is 14.6. The van der Waals surface area contributed by atoms with Gasteiger partial charge in [0.15, 0.2) is 5.65 Å². The van der Waals surface area contributed by atoms with Gasteiger partial charge in [-0.3, -0.25) is 0 Å². The van der Waals surface area contributed by atoms with E-state index in [0.29, 0.717) is 11.7 Å². The summed E-state index contributed by atoms with van der Waals surface area (Å²) in [5.41, 5.74) is 2.70. The van der Waals surface area contributed by atoms with Crippen molar-refractivity contribution in [1.29, 1.82) is 0 Å². The van der Waals surface area contributed by atoms with Crippen LogP contribution >= 0.6 is 11.8 Å². The van der Waals surface area contributed by atoms with Crippen LogP contribution in [0, 0.1) is 0 Å². The van der Waals surface area contributed by atoms with Crippen molar-refractivity contribution in [2.75, 3.05) is 30.3 Å². The van der Waals surface area contributed by atoms with Crippen LogP contribution in [0.1, 0.15) is 6.92 Å². The number of allylic oxidation sites excluding steroid dienone is 3.